The highest BCUT2D eigenvalue weighted by Gasteiger charge is 2.16. The van der Waals surface area contributed by atoms with Crippen LogP contribution in [0.4, 0.5) is 5.69 Å². The highest BCUT2D eigenvalue weighted by Crippen LogP contribution is 2.31. The van der Waals surface area contributed by atoms with Gasteiger partial charge in [-0.1, -0.05) is 11.6 Å². The number of carbonyl (C=O) groups excluding carboxylic acids is 1. The maximum Gasteiger partial charge on any atom is 0.229 e. The lowest BCUT2D eigenvalue weighted by Crippen LogP contribution is -2.15. The topological polar surface area (TPSA) is 98.5 Å². The van der Waals surface area contributed by atoms with E-state index in [0.29, 0.717) is 0 Å². The fourth-order valence-electron chi connectivity index (χ4n) is 1.33. The molecule has 0 aromatic heterocycles. The van der Waals surface area contributed by atoms with Crippen LogP contribution in [0.3, 0.4) is 0 Å². The summed E-state index contributed by atoms with van der Waals surface area (Å²) in [5, 5.41) is 0.0954. The van der Waals surface area contributed by atoms with Crippen molar-refractivity contribution in [1.29, 1.82) is 0 Å². The van der Waals surface area contributed by atoms with E-state index in [0.717, 1.165) is 6.26 Å². The summed E-state index contributed by atoms with van der Waals surface area (Å²) in [6.45, 7) is -0.189. The van der Waals surface area contributed by atoms with Crippen LogP contribution in [0.1, 0.15) is 10.4 Å². The van der Waals surface area contributed by atoms with Gasteiger partial charge in [0.2, 0.25) is 10.0 Å². The first-order valence-corrected chi connectivity index (χ1v) is 7.14. The van der Waals surface area contributed by atoms with Gasteiger partial charge in [0.1, 0.15) is 5.75 Å². The fraction of sp³-hybridized carbons (Fsp3) is 0.300. The number of ketones is 1. The number of nitrogens with one attached hydrogen (secondary N) is 1. The molecule has 0 unspecified atom stereocenters. The number of carbonyl (C=O) groups is 1. The number of sulfonamides is 1. The minimum atomic E-state index is -3.46. The second-order valence-electron chi connectivity index (χ2n) is 3.53. The molecule has 0 amide bonds. The van der Waals surface area contributed by atoms with Gasteiger partial charge in [0.05, 0.1) is 36.2 Å². The first kappa shape index (κ1) is 18.0. The molecule has 0 heterocycles. The normalized spacial score (nSPS) is 10.5. The number of hydrogen-bond donors (Lipinski definition) is 2. The minimum Gasteiger partial charge on any atom is -0.496 e. The van der Waals surface area contributed by atoms with Gasteiger partial charge in [-0.15, -0.1) is 12.4 Å². The zero-order valence-electron chi connectivity index (χ0n) is 10.3. The average Bonchev–Trinajstić information content (AvgIpc) is 2.28. The van der Waals surface area contributed by atoms with Crippen molar-refractivity contribution in [3.8, 4) is 5.75 Å². The Hall–Kier alpha value is -1.02. The Morgan fingerprint density at radius 3 is 2.47 bits per heavy atom. The van der Waals surface area contributed by atoms with E-state index in [1.807, 2.05) is 0 Å². The maximum absolute atomic E-state index is 11.5. The molecule has 6 nitrogen and oxygen atoms in total. The van der Waals surface area contributed by atoms with Crippen molar-refractivity contribution in [2.45, 2.75) is 0 Å². The van der Waals surface area contributed by atoms with E-state index in [-0.39, 0.29) is 46.8 Å². The molecule has 1 aromatic rings. The van der Waals surface area contributed by atoms with Crippen LogP contribution in [0.2, 0.25) is 5.02 Å². The van der Waals surface area contributed by atoms with Crippen LogP contribution in [0.25, 0.3) is 0 Å². The van der Waals surface area contributed by atoms with Gasteiger partial charge < -0.3 is 10.5 Å². The number of benzene rings is 1. The van der Waals surface area contributed by atoms with Crippen LogP contribution < -0.4 is 15.2 Å². The van der Waals surface area contributed by atoms with Crippen molar-refractivity contribution < 1.29 is 17.9 Å². The van der Waals surface area contributed by atoms with Crippen LogP contribution in [0.15, 0.2) is 12.1 Å². The van der Waals surface area contributed by atoms with Gasteiger partial charge in [-0.25, -0.2) is 8.42 Å². The number of halogens is 2. The maximum atomic E-state index is 11.5. The number of anilines is 1. The first-order valence-electron chi connectivity index (χ1n) is 4.87. The van der Waals surface area contributed by atoms with Gasteiger partial charge in [0, 0.05) is 6.07 Å². The molecule has 0 atom stereocenters. The largest absolute Gasteiger partial charge is 0.496 e. The van der Waals surface area contributed by atoms with Crippen molar-refractivity contribution >= 4 is 45.5 Å². The monoisotopic (exact) mass is 328 g/mol. The van der Waals surface area contributed by atoms with E-state index in [9.17, 15) is 13.2 Å². The van der Waals surface area contributed by atoms with Crippen molar-refractivity contribution in [3.05, 3.63) is 22.7 Å². The van der Waals surface area contributed by atoms with E-state index in [2.05, 4.69) is 4.72 Å². The Bertz CT molecular complexity index is 575. The predicted molar refractivity (Wildman–Crippen MR) is 77.1 cm³/mol. The summed E-state index contributed by atoms with van der Waals surface area (Å²) in [7, 11) is -2.10. The molecule has 0 fully saturated rings. The molecule has 9 heteroatoms. The standard InChI is InChI=1S/C10H13ClN2O4S.ClH/c1-17-10-4-8(13-18(2,15)16)7(11)3-6(10)9(14)5-12;/h3-4,13H,5,12H2,1-2H3;1H. The van der Waals surface area contributed by atoms with E-state index in [1.165, 1.54) is 19.2 Å². The molecule has 108 valence electrons. The average molecular weight is 329 g/mol. The highest BCUT2D eigenvalue weighted by atomic mass is 35.5. The third-order valence-corrected chi connectivity index (χ3v) is 2.97. The van der Waals surface area contributed by atoms with E-state index in [4.69, 9.17) is 22.1 Å². The van der Waals surface area contributed by atoms with Crippen LogP contribution in [0.5, 0.6) is 5.75 Å². The molecule has 0 saturated heterocycles. The number of ether oxygens (including phenoxy) is 1. The Morgan fingerprint density at radius 2 is 2.05 bits per heavy atom. The van der Waals surface area contributed by atoms with Crippen molar-refractivity contribution in [3.63, 3.8) is 0 Å². The lowest BCUT2D eigenvalue weighted by molar-refractivity contribution is 0.0998. The summed E-state index contributed by atoms with van der Waals surface area (Å²) in [4.78, 5) is 11.5. The van der Waals surface area contributed by atoms with Crippen LogP contribution >= 0.6 is 24.0 Å². The Labute approximate surface area is 122 Å². The molecule has 3 N–H and O–H groups in total. The van der Waals surface area contributed by atoms with Crippen molar-refractivity contribution in [2.75, 3.05) is 24.6 Å². The molecule has 0 aliphatic carbocycles. The smallest absolute Gasteiger partial charge is 0.229 e. The molecular formula is C10H14Cl2N2O4S. The molecule has 0 spiro atoms. The fourth-order valence-corrected chi connectivity index (χ4v) is 2.16. The summed E-state index contributed by atoms with van der Waals surface area (Å²) < 4.78 is 29.5. The summed E-state index contributed by atoms with van der Waals surface area (Å²) in [6.07, 6.45) is 0.995. The lowest BCUT2D eigenvalue weighted by atomic mass is 10.1. The Morgan fingerprint density at radius 1 is 1.47 bits per heavy atom. The van der Waals surface area contributed by atoms with Gasteiger partial charge in [-0.05, 0) is 6.07 Å². The number of Topliss-reactive ketones (excluding diaryl/α,β-unsaturated/α-hetero) is 1. The lowest BCUT2D eigenvalue weighted by Gasteiger charge is -2.12. The summed E-state index contributed by atoms with van der Waals surface area (Å²) in [5.41, 5.74) is 5.61. The summed E-state index contributed by atoms with van der Waals surface area (Å²) in [5.74, 6) is -0.138. The molecule has 1 rings (SSSR count). The van der Waals surface area contributed by atoms with E-state index >= 15 is 0 Å². The van der Waals surface area contributed by atoms with Gasteiger partial charge in [0.25, 0.3) is 0 Å². The summed E-state index contributed by atoms with van der Waals surface area (Å²) >= 11 is 5.89. The highest BCUT2D eigenvalue weighted by molar-refractivity contribution is 7.92. The molecule has 1 aromatic carbocycles. The molecule has 0 bridgehead atoms. The molecule has 0 aliphatic heterocycles. The third-order valence-electron chi connectivity index (χ3n) is 2.07. The Balaban J connectivity index is 0.00000324. The van der Waals surface area contributed by atoms with Gasteiger partial charge in [0.15, 0.2) is 5.78 Å². The molecule has 0 saturated carbocycles. The Kier molecular flexibility index (Phi) is 6.58. The number of nitrogens with two attached hydrogens (primary N) is 1. The van der Waals surface area contributed by atoms with Crippen molar-refractivity contribution in [1.82, 2.24) is 0 Å². The second kappa shape index (κ2) is 6.95. The second-order valence-corrected chi connectivity index (χ2v) is 5.69. The van der Waals surface area contributed by atoms with Crippen molar-refractivity contribution in [2.24, 2.45) is 5.73 Å². The third kappa shape index (κ3) is 4.87. The predicted octanol–water partition coefficient (Wildman–Crippen LogP) is 1.28. The van der Waals surface area contributed by atoms with E-state index < -0.39 is 10.0 Å². The van der Waals surface area contributed by atoms with Gasteiger partial charge in [-0.3, -0.25) is 9.52 Å². The molecule has 0 radical (unpaired) electrons. The quantitative estimate of drug-likeness (QED) is 0.793. The first-order chi connectivity index (χ1) is 8.28. The van der Waals surface area contributed by atoms with Crippen LogP contribution in [-0.4, -0.2) is 34.1 Å². The number of hydrogen-bond acceptors (Lipinski definition) is 5. The number of methoxy groups -OCH3 is 1. The molecular weight excluding hydrogens is 315 g/mol. The molecule has 0 aliphatic rings. The number of rotatable bonds is 5. The van der Waals surface area contributed by atoms with Crippen LogP contribution in [-0.2, 0) is 10.0 Å². The van der Waals surface area contributed by atoms with E-state index in [1.54, 1.807) is 0 Å². The summed E-state index contributed by atoms with van der Waals surface area (Å²) in [6, 6.07) is 2.66. The van der Waals surface area contributed by atoms with Crippen LogP contribution in [0, 0.1) is 0 Å². The van der Waals surface area contributed by atoms with Gasteiger partial charge >= 0.3 is 0 Å². The minimum absolute atomic E-state index is 0. The SMILES string of the molecule is COc1cc(NS(C)(=O)=O)c(Cl)cc1C(=O)CN.Cl. The zero-order valence-corrected chi connectivity index (χ0v) is 12.7. The molecule has 19 heavy (non-hydrogen) atoms. The zero-order chi connectivity index (χ0) is 13.9. The van der Waals surface area contributed by atoms with Gasteiger partial charge in [-0.2, -0.15) is 0 Å².